The molecule has 0 aliphatic carbocycles. The summed E-state index contributed by atoms with van der Waals surface area (Å²) in [5.41, 5.74) is 5.13. The van der Waals surface area contributed by atoms with Gasteiger partial charge in [0, 0.05) is 20.3 Å². The van der Waals surface area contributed by atoms with Gasteiger partial charge in [-0.3, -0.25) is 4.79 Å². The lowest BCUT2D eigenvalue weighted by molar-refractivity contribution is 0.102. The van der Waals surface area contributed by atoms with Crippen molar-refractivity contribution in [2.45, 2.75) is 11.8 Å². The Morgan fingerprint density at radius 2 is 1.87 bits per heavy atom. The van der Waals surface area contributed by atoms with E-state index in [0.717, 1.165) is 37.1 Å². The predicted molar refractivity (Wildman–Crippen MR) is 131 cm³/mol. The lowest BCUT2D eigenvalue weighted by atomic mass is 9.97. The zero-order valence-electron chi connectivity index (χ0n) is 16.9. The minimum Gasteiger partial charge on any atom is -0.321 e. The van der Waals surface area contributed by atoms with Gasteiger partial charge in [0.1, 0.15) is 0 Å². The van der Waals surface area contributed by atoms with Crippen molar-refractivity contribution in [2.75, 3.05) is 11.6 Å². The molecule has 0 saturated carbocycles. The Bertz CT molecular complexity index is 1350. The highest BCUT2D eigenvalue weighted by atomic mass is 79.9. The molecule has 0 spiro atoms. The lowest BCUT2D eigenvalue weighted by Gasteiger charge is -2.16. The molecule has 31 heavy (non-hydrogen) atoms. The topological polar surface area (TPSA) is 65.8 Å². The number of carbonyl (C=O) groups excluding carboxylic acids is 1. The summed E-state index contributed by atoms with van der Waals surface area (Å²) in [5, 5.41) is 13.0. The molecule has 0 aliphatic rings. The lowest BCUT2D eigenvalue weighted by Crippen LogP contribution is -2.16. The van der Waals surface area contributed by atoms with Gasteiger partial charge < -0.3 is 5.32 Å². The molecule has 0 aliphatic heterocycles. The summed E-state index contributed by atoms with van der Waals surface area (Å²) in [6.45, 7) is 1.93. The normalized spacial score (nSPS) is 10.6. The van der Waals surface area contributed by atoms with Crippen LogP contribution in [0, 0.1) is 18.3 Å². The average Bonchev–Trinajstić information content (AvgIpc) is 2.79. The summed E-state index contributed by atoms with van der Waals surface area (Å²) < 4.78 is 0.880. The highest BCUT2D eigenvalue weighted by molar-refractivity contribution is 9.10. The van der Waals surface area contributed by atoms with Crippen molar-refractivity contribution in [3.05, 3.63) is 87.9 Å². The Kier molecular flexibility index (Phi) is 6.08. The van der Waals surface area contributed by atoms with E-state index in [4.69, 9.17) is 10.2 Å². The third-order valence-electron chi connectivity index (χ3n) is 5.04. The maximum Gasteiger partial charge on any atom is 0.256 e. The van der Waals surface area contributed by atoms with Crippen LogP contribution in [0.1, 0.15) is 21.5 Å². The number of pyridine rings is 1. The SMILES string of the molecule is CSc1cc(C#N)ccc1NC(=O)c1c(C)c(-c2ccccc2)nc2ccc(Br)cc12. The molecule has 1 amide bonds. The molecule has 1 heterocycles. The van der Waals surface area contributed by atoms with Gasteiger partial charge >= 0.3 is 0 Å². The summed E-state index contributed by atoms with van der Waals surface area (Å²) in [4.78, 5) is 19.2. The highest BCUT2D eigenvalue weighted by Crippen LogP contribution is 2.33. The van der Waals surface area contributed by atoms with Crippen molar-refractivity contribution in [1.82, 2.24) is 4.98 Å². The second-order valence-corrected chi connectivity index (χ2v) is 8.73. The number of nitrogens with zero attached hydrogens (tertiary/aromatic N) is 2. The van der Waals surface area contributed by atoms with Gasteiger partial charge in [-0.1, -0.05) is 46.3 Å². The summed E-state index contributed by atoms with van der Waals surface area (Å²) in [6, 6.07) is 23.0. The Labute approximate surface area is 193 Å². The van der Waals surface area contributed by atoms with Gasteiger partial charge in [-0.15, -0.1) is 11.8 Å². The first kappa shape index (κ1) is 21.1. The zero-order chi connectivity index (χ0) is 22.0. The molecule has 152 valence electrons. The van der Waals surface area contributed by atoms with Crippen LogP contribution in [0.3, 0.4) is 0 Å². The first-order chi connectivity index (χ1) is 15.0. The molecule has 4 rings (SSSR count). The van der Waals surface area contributed by atoms with Crippen LogP contribution in [0.5, 0.6) is 0 Å². The first-order valence-electron chi connectivity index (χ1n) is 9.56. The van der Waals surface area contributed by atoms with Crippen LogP contribution < -0.4 is 5.32 Å². The second kappa shape index (κ2) is 8.93. The van der Waals surface area contributed by atoms with Crippen LogP contribution in [0.15, 0.2) is 76.1 Å². The Balaban J connectivity index is 1.88. The monoisotopic (exact) mass is 487 g/mol. The third kappa shape index (κ3) is 4.20. The first-order valence-corrected chi connectivity index (χ1v) is 11.6. The van der Waals surface area contributed by atoms with Crippen molar-refractivity contribution in [3.63, 3.8) is 0 Å². The maximum absolute atomic E-state index is 13.5. The Hall–Kier alpha value is -3.14. The molecule has 1 N–H and O–H groups in total. The number of nitriles is 1. The van der Waals surface area contributed by atoms with E-state index in [-0.39, 0.29) is 5.91 Å². The van der Waals surface area contributed by atoms with E-state index in [2.05, 4.69) is 27.3 Å². The van der Waals surface area contributed by atoms with E-state index in [1.165, 1.54) is 11.8 Å². The van der Waals surface area contributed by atoms with Gasteiger partial charge in [-0.05, 0) is 55.1 Å². The van der Waals surface area contributed by atoms with Gasteiger partial charge in [0.05, 0.1) is 34.1 Å². The number of halogens is 1. The van der Waals surface area contributed by atoms with Crippen molar-refractivity contribution in [1.29, 1.82) is 5.26 Å². The quantitative estimate of drug-likeness (QED) is 0.320. The molecule has 4 aromatic rings. The maximum atomic E-state index is 13.5. The van der Waals surface area contributed by atoms with Gasteiger partial charge in [0.15, 0.2) is 0 Å². The number of hydrogen-bond donors (Lipinski definition) is 1. The van der Waals surface area contributed by atoms with Crippen LogP contribution in [0.25, 0.3) is 22.2 Å². The molecule has 0 fully saturated rings. The van der Waals surface area contributed by atoms with E-state index in [1.54, 1.807) is 18.2 Å². The summed E-state index contributed by atoms with van der Waals surface area (Å²) >= 11 is 5.00. The number of rotatable bonds is 4. The molecular formula is C25H18BrN3OS. The van der Waals surface area contributed by atoms with Crippen LogP contribution in [0.4, 0.5) is 5.69 Å². The second-order valence-electron chi connectivity index (χ2n) is 6.97. The van der Waals surface area contributed by atoms with E-state index in [1.807, 2.05) is 61.7 Å². The number of anilines is 1. The number of amides is 1. The number of thioether (sulfide) groups is 1. The fourth-order valence-electron chi connectivity index (χ4n) is 3.55. The molecule has 0 atom stereocenters. The van der Waals surface area contributed by atoms with Gasteiger partial charge in [0.2, 0.25) is 0 Å². The minimum atomic E-state index is -0.208. The molecule has 0 bridgehead atoms. The minimum absolute atomic E-state index is 0.208. The van der Waals surface area contributed by atoms with Crippen LogP contribution in [0.2, 0.25) is 0 Å². The molecule has 0 saturated heterocycles. The smallest absolute Gasteiger partial charge is 0.256 e. The largest absolute Gasteiger partial charge is 0.321 e. The van der Waals surface area contributed by atoms with Gasteiger partial charge in [-0.25, -0.2) is 4.98 Å². The molecule has 6 heteroatoms. The molecule has 0 unspecified atom stereocenters. The van der Waals surface area contributed by atoms with Crippen LogP contribution in [-0.2, 0) is 0 Å². The summed E-state index contributed by atoms with van der Waals surface area (Å²) in [6.07, 6.45) is 1.92. The van der Waals surface area contributed by atoms with E-state index < -0.39 is 0 Å². The van der Waals surface area contributed by atoms with Crippen LogP contribution in [-0.4, -0.2) is 17.1 Å². The summed E-state index contributed by atoms with van der Waals surface area (Å²) in [5.74, 6) is -0.208. The zero-order valence-corrected chi connectivity index (χ0v) is 19.3. The fraction of sp³-hybridized carbons (Fsp3) is 0.0800. The average molecular weight is 488 g/mol. The fourth-order valence-corrected chi connectivity index (χ4v) is 4.49. The Morgan fingerprint density at radius 1 is 1.10 bits per heavy atom. The van der Waals surface area contributed by atoms with Crippen molar-refractivity contribution in [3.8, 4) is 17.3 Å². The van der Waals surface area contributed by atoms with Crippen molar-refractivity contribution < 1.29 is 4.79 Å². The Morgan fingerprint density at radius 3 is 2.58 bits per heavy atom. The standard InChI is InChI=1S/C25H18BrN3OS/c1-15-23(25(30)29-21-10-8-16(14-27)12-22(21)31-2)19-13-18(26)9-11-20(19)28-24(15)17-6-4-3-5-7-17/h3-13H,1-2H3,(H,29,30). The van der Waals surface area contributed by atoms with Gasteiger partial charge in [0.25, 0.3) is 5.91 Å². The predicted octanol–water partition coefficient (Wildman–Crippen LogP) is 6.82. The molecule has 3 aromatic carbocycles. The molecule has 1 aromatic heterocycles. The van der Waals surface area contributed by atoms with Crippen molar-refractivity contribution >= 4 is 50.2 Å². The number of fused-ring (bicyclic) bond motifs is 1. The molecule has 0 radical (unpaired) electrons. The van der Waals surface area contributed by atoms with Crippen molar-refractivity contribution in [2.24, 2.45) is 0 Å². The molecule has 4 nitrogen and oxygen atoms in total. The third-order valence-corrected chi connectivity index (χ3v) is 6.31. The summed E-state index contributed by atoms with van der Waals surface area (Å²) in [7, 11) is 0. The number of benzene rings is 3. The highest BCUT2D eigenvalue weighted by Gasteiger charge is 2.20. The van der Waals surface area contributed by atoms with E-state index >= 15 is 0 Å². The van der Waals surface area contributed by atoms with E-state index in [0.29, 0.717) is 16.8 Å². The number of aromatic nitrogens is 1. The number of carbonyl (C=O) groups is 1. The number of nitrogens with one attached hydrogen (secondary N) is 1. The molecular weight excluding hydrogens is 470 g/mol. The van der Waals surface area contributed by atoms with Crippen LogP contribution >= 0.6 is 27.7 Å². The van der Waals surface area contributed by atoms with E-state index in [9.17, 15) is 4.79 Å². The van der Waals surface area contributed by atoms with Gasteiger partial charge in [-0.2, -0.15) is 5.26 Å². The number of hydrogen-bond acceptors (Lipinski definition) is 4.